The maximum atomic E-state index is 11.4. The molecule has 1 N–H and O–H groups in total. The lowest BCUT2D eigenvalue weighted by atomic mass is 10.1. The van der Waals surface area contributed by atoms with Gasteiger partial charge in [0.1, 0.15) is 5.92 Å². The van der Waals surface area contributed by atoms with Crippen molar-refractivity contribution in [3.8, 4) is 6.07 Å². The molecule has 0 aromatic carbocycles. The Labute approximate surface area is 98.0 Å². The van der Waals surface area contributed by atoms with Crippen LogP contribution in [0.5, 0.6) is 0 Å². The SMILES string of the molecule is CCC(C#N)C(=O)NCCCCOC(C)C. The molecule has 0 rings (SSSR count). The first-order valence-electron chi connectivity index (χ1n) is 5.90. The molecule has 0 bridgehead atoms. The predicted molar refractivity (Wildman–Crippen MR) is 62.7 cm³/mol. The molecule has 0 radical (unpaired) electrons. The van der Waals surface area contributed by atoms with Crippen LogP contribution in [0.3, 0.4) is 0 Å². The number of hydrogen-bond acceptors (Lipinski definition) is 3. The van der Waals surface area contributed by atoms with Crippen LogP contribution in [0.2, 0.25) is 0 Å². The summed E-state index contributed by atoms with van der Waals surface area (Å²) in [6.45, 7) is 7.19. The highest BCUT2D eigenvalue weighted by molar-refractivity contribution is 5.80. The Bertz CT molecular complexity index is 234. The minimum atomic E-state index is -0.507. The Hall–Kier alpha value is -1.08. The van der Waals surface area contributed by atoms with Gasteiger partial charge in [0.05, 0.1) is 12.2 Å². The highest BCUT2D eigenvalue weighted by Gasteiger charge is 2.13. The molecule has 0 aliphatic carbocycles. The predicted octanol–water partition coefficient (Wildman–Crippen LogP) is 1.86. The largest absolute Gasteiger partial charge is 0.379 e. The van der Waals surface area contributed by atoms with Crippen molar-refractivity contribution < 1.29 is 9.53 Å². The van der Waals surface area contributed by atoms with Crippen molar-refractivity contribution in [2.24, 2.45) is 5.92 Å². The number of hydrogen-bond donors (Lipinski definition) is 1. The van der Waals surface area contributed by atoms with Crippen LogP contribution in [-0.4, -0.2) is 25.2 Å². The van der Waals surface area contributed by atoms with Gasteiger partial charge in [-0.1, -0.05) is 6.92 Å². The van der Waals surface area contributed by atoms with E-state index in [2.05, 4.69) is 5.32 Å². The lowest BCUT2D eigenvalue weighted by Gasteiger charge is -2.09. The molecule has 0 aromatic heterocycles. The van der Waals surface area contributed by atoms with Gasteiger partial charge in [-0.3, -0.25) is 4.79 Å². The van der Waals surface area contributed by atoms with E-state index in [-0.39, 0.29) is 12.0 Å². The second-order valence-corrected chi connectivity index (χ2v) is 4.01. The Balaban J connectivity index is 3.45. The molecular weight excluding hydrogens is 204 g/mol. The van der Waals surface area contributed by atoms with Crippen LogP contribution in [0.15, 0.2) is 0 Å². The van der Waals surface area contributed by atoms with Gasteiger partial charge in [-0.2, -0.15) is 5.26 Å². The summed E-state index contributed by atoms with van der Waals surface area (Å²) < 4.78 is 5.37. The third-order valence-corrected chi connectivity index (χ3v) is 2.20. The third kappa shape index (κ3) is 7.24. The van der Waals surface area contributed by atoms with Crippen LogP contribution in [0.4, 0.5) is 0 Å². The first-order valence-corrected chi connectivity index (χ1v) is 5.90. The number of carbonyl (C=O) groups is 1. The summed E-state index contributed by atoms with van der Waals surface area (Å²) in [4.78, 5) is 11.4. The monoisotopic (exact) mass is 226 g/mol. The van der Waals surface area contributed by atoms with Crippen molar-refractivity contribution in [1.82, 2.24) is 5.32 Å². The van der Waals surface area contributed by atoms with Gasteiger partial charge >= 0.3 is 0 Å². The van der Waals surface area contributed by atoms with Crippen molar-refractivity contribution in [2.45, 2.75) is 46.1 Å². The van der Waals surface area contributed by atoms with Gasteiger partial charge in [0.25, 0.3) is 0 Å². The Morgan fingerprint density at radius 1 is 1.44 bits per heavy atom. The number of unbranched alkanes of at least 4 members (excludes halogenated alkanes) is 1. The van der Waals surface area contributed by atoms with Gasteiger partial charge < -0.3 is 10.1 Å². The molecule has 0 spiro atoms. The lowest BCUT2D eigenvalue weighted by molar-refractivity contribution is -0.123. The molecule has 0 saturated heterocycles. The van der Waals surface area contributed by atoms with E-state index in [0.29, 0.717) is 13.0 Å². The van der Waals surface area contributed by atoms with E-state index >= 15 is 0 Å². The van der Waals surface area contributed by atoms with Crippen molar-refractivity contribution in [1.29, 1.82) is 5.26 Å². The lowest BCUT2D eigenvalue weighted by Crippen LogP contribution is -2.30. The number of carbonyl (C=O) groups excluding carboxylic acids is 1. The summed E-state index contributed by atoms with van der Waals surface area (Å²) in [6.07, 6.45) is 2.65. The van der Waals surface area contributed by atoms with Gasteiger partial charge in [0, 0.05) is 13.2 Å². The average Bonchev–Trinajstić information content (AvgIpc) is 2.24. The molecule has 0 saturated carbocycles. The molecule has 0 fully saturated rings. The maximum absolute atomic E-state index is 11.4. The zero-order valence-corrected chi connectivity index (χ0v) is 10.5. The normalized spacial score (nSPS) is 12.2. The zero-order valence-electron chi connectivity index (χ0n) is 10.5. The minimum Gasteiger partial charge on any atom is -0.379 e. The van der Waals surface area contributed by atoms with Crippen molar-refractivity contribution in [2.75, 3.05) is 13.2 Å². The molecule has 4 nitrogen and oxygen atoms in total. The van der Waals surface area contributed by atoms with E-state index in [1.165, 1.54) is 0 Å². The fourth-order valence-electron chi connectivity index (χ4n) is 1.22. The van der Waals surface area contributed by atoms with Crippen molar-refractivity contribution in [3.63, 3.8) is 0 Å². The Kier molecular flexibility index (Phi) is 8.55. The number of amides is 1. The summed E-state index contributed by atoms with van der Waals surface area (Å²) in [5.41, 5.74) is 0. The molecule has 0 aliphatic rings. The molecule has 16 heavy (non-hydrogen) atoms. The molecule has 92 valence electrons. The van der Waals surface area contributed by atoms with Crippen molar-refractivity contribution in [3.05, 3.63) is 0 Å². The summed E-state index contributed by atoms with van der Waals surface area (Å²) in [6, 6.07) is 1.98. The van der Waals surface area contributed by atoms with Crippen LogP contribution in [0.25, 0.3) is 0 Å². The molecule has 1 atom stereocenters. The summed E-state index contributed by atoms with van der Waals surface area (Å²) in [5.74, 6) is -0.665. The molecule has 1 amide bonds. The number of rotatable bonds is 8. The van der Waals surface area contributed by atoms with Gasteiger partial charge in [0.15, 0.2) is 0 Å². The van der Waals surface area contributed by atoms with E-state index in [0.717, 1.165) is 19.4 Å². The van der Waals surface area contributed by atoms with Gasteiger partial charge in [-0.15, -0.1) is 0 Å². The fourth-order valence-corrected chi connectivity index (χ4v) is 1.22. The van der Waals surface area contributed by atoms with Gasteiger partial charge in [-0.25, -0.2) is 0 Å². The van der Waals surface area contributed by atoms with E-state index in [4.69, 9.17) is 10.00 Å². The first-order chi connectivity index (χ1) is 7.61. The zero-order chi connectivity index (χ0) is 12.4. The Morgan fingerprint density at radius 2 is 2.12 bits per heavy atom. The second-order valence-electron chi connectivity index (χ2n) is 4.01. The highest BCUT2D eigenvalue weighted by atomic mass is 16.5. The van der Waals surface area contributed by atoms with E-state index in [1.54, 1.807) is 0 Å². The molecular formula is C12H22N2O2. The maximum Gasteiger partial charge on any atom is 0.237 e. The van der Waals surface area contributed by atoms with Crippen LogP contribution in [-0.2, 0) is 9.53 Å². The number of nitrogens with one attached hydrogen (secondary N) is 1. The minimum absolute atomic E-state index is 0.158. The smallest absolute Gasteiger partial charge is 0.237 e. The van der Waals surface area contributed by atoms with Crippen LogP contribution >= 0.6 is 0 Å². The number of nitrogens with zero attached hydrogens (tertiary/aromatic N) is 1. The van der Waals surface area contributed by atoms with E-state index in [9.17, 15) is 4.79 Å². The first kappa shape index (κ1) is 14.9. The van der Waals surface area contributed by atoms with Gasteiger partial charge in [0.2, 0.25) is 5.91 Å². The van der Waals surface area contributed by atoms with E-state index < -0.39 is 5.92 Å². The standard InChI is InChI=1S/C12H22N2O2/c1-4-11(9-13)12(15)14-7-5-6-8-16-10(2)3/h10-11H,4-8H2,1-3H3,(H,14,15). The average molecular weight is 226 g/mol. The Morgan fingerprint density at radius 3 is 2.62 bits per heavy atom. The molecule has 0 aromatic rings. The topological polar surface area (TPSA) is 62.1 Å². The van der Waals surface area contributed by atoms with Crippen molar-refractivity contribution >= 4 is 5.91 Å². The quantitative estimate of drug-likeness (QED) is 0.642. The summed E-state index contributed by atoms with van der Waals surface area (Å²) in [7, 11) is 0. The number of ether oxygens (including phenoxy) is 1. The molecule has 4 heteroatoms. The van der Waals surface area contributed by atoms with Crippen LogP contribution in [0, 0.1) is 17.2 Å². The van der Waals surface area contributed by atoms with Crippen LogP contribution in [0.1, 0.15) is 40.0 Å². The third-order valence-electron chi connectivity index (χ3n) is 2.20. The summed E-state index contributed by atoms with van der Waals surface area (Å²) in [5, 5.41) is 11.4. The molecule has 1 unspecified atom stereocenters. The van der Waals surface area contributed by atoms with E-state index in [1.807, 2.05) is 26.8 Å². The fraction of sp³-hybridized carbons (Fsp3) is 0.833. The molecule has 0 aliphatic heterocycles. The van der Waals surface area contributed by atoms with Gasteiger partial charge in [-0.05, 0) is 33.1 Å². The highest BCUT2D eigenvalue weighted by Crippen LogP contribution is 2.00. The second kappa shape index (κ2) is 9.17. The molecule has 0 heterocycles. The number of nitriles is 1. The summed E-state index contributed by atoms with van der Waals surface area (Å²) >= 11 is 0. The van der Waals surface area contributed by atoms with Crippen LogP contribution < -0.4 is 5.32 Å².